The van der Waals surface area contributed by atoms with Gasteiger partial charge < -0.3 is 4.74 Å². The maximum atomic E-state index is 13.3. The minimum absolute atomic E-state index is 0.243. The van der Waals surface area contributed by atoms with E-state index in [9.17, 15) is 9.59 Å². The van der Waals surface area contributed by atoms with Gasteiger partial charge in [0.05, 0.1) is 17.1 Å². The number of aromatic nitrogens is 2. The number of aryl methyl sites for hydroxylation is 1. The molecule has 0 aliphatic heterocycles. The van der Waals surface area contributed by atoms with Crippen LogP contribution in [0.5, 0.6) is 5.75 Å². The first-order valence-electron chi connectivity index (χ1n) is 10.4. The lowest BCUT2D eigenvalue weighted by atomic mass is 10.0. The van der Waals surface area contributed by atoms with Crippen molar-refractivity contribution in [1.29, 1.82) is 0 Å². The van der Waals surface area contributed by atoms with E-state index < -0.39 is 5.97 Å². The van der Waals surface area contributed by atoms with Gasteiger partial charge in [-0.15, -0.1) is 0 Å². The average molecular weight is 492 g/mol. The fourth-order valence-corrected chi connectivity index (χ4v) is 3.94. The summed E-state index contributed by atoms with van der Waals surface area (Å²) in [6.07, 6.45) is 4.05. The molecule has 0 saturated heterocycles. The lowest BCUT2D eigenvalue weighted by Gasteiger charge is -2.11. The average Bonchev–Trinajstić information content (AvgIpc) is 2.78. The first-order valence-corrected chi connectivity index (χ1v) is 11.2. The molecule has 6 nitrogen and oxygen atoms in total. The van der Waals surface area contributed by atoms with Gasteiger partial charge >= 0.3 is 5.97 Å². The summed E-state index contributed by atoms with van der Waals surface area (Å²) < 4.78 is 7.56. The number of hydrogen-bond donors (Lipinski definition) is 0. The minimum atomic E-state index is -0.423. The highest BCUT2D eigenvalue weighted by Crippen LogP contribution is 2.27. The monoisotopic (exact) mass is 491 g/mol. The summed E-state index contributed by atoms with van der Waals surface area (Å²) >= 11 is 3.42. The lowest BCUT2D eigenvalue weighted by Crippen LogP contribution is -2.22. The number of carbonyl (C=O) groups excluding carboxylic acids is 1. The zero-order valence-electron chi connectivity index (χ0n) is 17.8. The van der Waals surface area contributed by atoms with Crippen molar-refractivity contribution >= 4 is 49.8 Å². The number of halogens is 1. The van der Waals surface area contributed by atoms with E-state index in [1.165, 1.54) is 11.6 Å². The van der Waals surface area contributed by atoms with E-state index in [2.05, 4.69) is 28.0 Å². The van der Waals surface area contributed by atoms with Gasteiger partial charge in [-0.1, -0.05) is 59.6 Å². The van der Waals surface area contributed by atoms with E-state index in [4.69, 9.17) is 9.72 Å². The van der Waals surface area contributed by atoms with Gasteiger partial charge in [0.2, 0.25) is 0 Å². The minimum Gasteiger partial charge on any atom is -0.426 e. The number of esters is 1. The summed E-state index contributed by atoms with van der Waals surface area (Å²) in [6.45, 7) is 3.44. The molecule has 0 aliphatic rings. The summed E-state index contributed by atoms with van der Waals surface area (Å²) in [7, 11) is 0. The van der Waals surface area contributed by atoms with Crippen molar-refractivity contribution in [2.45, 2.75) is 33.1 Å². The molecule has 0 aliphatic carbocycles. The van der Waals surface area contributed by atoms with Crippen molar-refractivity contribution in [3.63, 3.8) is 0 Å². The van der Waals surface area contributed by atoms with Crippen LogP contribution in [0.2, 0.25) is 0 Å². The fourth-order valence-electron chi connectivity index (χ4n) is 3.58. The number of carbonyl (C=O) groups is 1. The Morgan fingerprint density at radius 3 is 2.75 bits per heavy atom. The van der Waals surface area contributed by atoms with Crippen molar-refractivity contribution in [2.75, 3.05) is 0 Å². The van der Waals surface area contributed by atoms with Crippen LogP contribution in [-0.4, -0.2) is 21.8 Å². The van der Waals surface area contributed by atoms with E-state index >= 15 is 0 Å². The summed E-state index contributed by atoms with van der Waals surface area (Å²) in [4.78, 5) is 29.7. The third-order valence-corrected chi connectivity index (χ3v) is 5.61. The van der Waals surface area contributed by atoms with E-state index in [0.29, 0.717) is 34.5 Å². The zero-order valence-corrected chi connectivity index (χ0v) is 19.4. The molecule has 0 atom stereocenters. The third kappa shape index (κ3) is 4.48. The molecule has 0 spiro atoms. The summed E-state index contributed by atoms with van der Waals surface area (Å²) in [5.74, 6) is 0.560. The molecule has 0 unspecified atom stereocenters. The van der Waals surface area contributed by atoms with Gasteiger partial charge in [-0.05, 0) is 41.5 Å². The highest BCUT2D eigenvalue weighted by molar-refractivity contribution is 9.10. The molecule has 0 saturated carbocycles. The predicted molar refractivity (Wildman–Crippen MR) is 131 cm³/mol. The van der Waals surface area contributed by atoms with E-state index in [-0.39, 0.29) is 5.56 Å². The van der Waals surface area contributed by atoms with Crippen LogP contribution in [0.15, 0.2) is 69.0 Å². The highest BCUT2D eigenvalue weighted by atomic mass is 79.9. The van der Waals surface area contributed by atoms with Gasteiger partial charge in [0, 0.05) is 23.4 Å². The molecule has 4 aromatic rings. The first-order chi connectivity index (χ1) is 15.5. The van der Waals surface area contributed by atoms with Crippen molar-refractivity contribution in [3.05, 3.63) is 80.8 Å². The lowest BCUT2D eigenvalue weighted by molar-refractivity contribution is -0.131. The van der Waals surface area contributed by atoms with Gasteiger partial charge in [0.1, 0.15) is 11.6 Å². The second-order valence-electron chi connectivity index (χ2n) is 7.45. The number of rotatable bonds is 6. The Bertz CT molecular complexity index is 1410. The molecule has 7 heteroatoms. The van der Waals surface area contributed by atoms with Crippen molar-refractivity contribution < 1.29 is 9.53 Å². The summed E-state index contributed by atoms with van der Waals surface area (Å²) in [6, 6.07) is 16.8. The maximum absolute atomic E-state index is 13.3. The molecule has 1 aromatic heterocycles. The fraction of sp³-hybridized carbons (Fsp3) is 0.200. The molecule has 0 radical (unpaired) electrons. The second kappa shape index (κ2) is 9.44. The van der Waals surface area contributed by atoms with E-state index in [1.807, 2.05) is 42.5 Å². The SMILES string of the molecule is CCCCc1nc2ccc(Br)cc2c(=O)n1N=Cc1c(OC(C)=O)ccc2ccccc12. The molecule has 4 rings (SSSR count). The Hall–Kier alpha value is -3.32. The van der Waals surface area contributed by atoms with Crippen LogP contribution >= 0.6 is 15.9 Å². The molecule has 0 fully saturated rings. The summed E-state index contributed by atoms with van der Waals surface area (Å²) in [5.41, 5.74) is 1.02. The van der Waals surface area contributed by atoms with Crippen LogP contribution < -0.4 is 10.3 Å². The third-order valence-electron chi connectivity index (χ3n) is 5.12. The molecule has 162 valence electrons. The maximum Gasteiger partial charge on any atom is 0.308 e. The largest absolute Gasteiger partial charge is 0.426 e. The smallest absolute Gasteiger partial charge is 0.308 e. The Kier molecular flexibility index (Phi) is 6.46. The number of benzene rings is 3. The van der Waals surface area contributed by atoms with Crippen LogP contribution in [0.25, 0.3) is 21.7 Å². The predicted octanol–water partition coefficient (Wildman–Crippen LogP) is 5.46. The van der Waals surface area contributed by atoms with Crippen molar-refractivity contribution in [2.24, 2.45) is 5.10 Å². The quantitative estimate of drug-likeness (QED) is 0.204. The van der Waals surface area contributed by atoms with Gasteiger partial charge in [0.25, 0.3) is 5.56 Å². The van der Waals surface area contributed by atoms with Crippen molar-refractivity contribution in [3.8, 4) is 5.75 Å². The van der Waals surface area contributed by atoms with E-state index in [0.717, 1.165) is 28.1 Å². The molecule has 32 heavy (non-hydrogen) atoms. The molecular weight excluding hydrogens is 470 g/mol. The second-order valence-corrected chi connectivity index (χ2v) is 8.36. The van der Waals surface area contributed by atoms with Gasteiger partial charge in [-0.25, -0.2) is 4.98 Å². The summed E-state index contributed by atoms with van der Waals surface area (Å²) in [5, 5.41) is 6.86. The van der Waals surface area contributed by atoms with Crippen LogP contribution in [0.4, 0.5) is 0 Å². The Balaban J connectivity index is 1.92. The first kappa shape index (κ1) is 21.9. The number of hydrogen-bond acceptors (Lipinski definition) is 5. The Morgan fingerprint density at radius 1 is 1.16 bits per heavy atom. The number of unbranched alkanes of at least 4 members (excludes halogenated alkanes) is 1. The van der Waals surface area contributed by atoms with Crippen molar-refractivity contribution in [1.82, 2.24) is 9.66 Å². The molecule has 0 bridgehead atoms. The van der Waals surface area contributed by atoms with Crippen LogP contribution in [-0.2, 0) is 11.2 Å². The molecule has 0 amide bonds. The van der Waals surface area contributed by atoms with Gasteiger partial charge in [-0.2, -0.15) is 9.78 Å². The zero-order chi connectivity index (χ0) is 22.7. The number of nitrogens with zero attached hydrogens (tertiary/aromatic N) is 3. The van der Waals surface area contributed by atoms with Crippen LogP contribution in [0, 0.1) is 0 Å². The highest BCUT2D eigenvalue weighted by Gasteiger charge is 2.13. The molecule has 0 N–H and O–H groups in total. The van der Waals surface area contributed by atoms with Gasteiger partial charge in [0.15, 0.2) is 0 Å². The topological polar surface area (TPSA) is 73.6 Å². The Morgan fingerprint density at radius 2 is 1.97 bits per heavy atom. The van der Waals surface area contributed by atoms with Gasteiger partial charge in [-0.3, -0.25) is 9.59 Å². The molecule has 3 aromatic carbocycles. The van der Waals surface area contributed by atoms with E-state index in [1.54, 1.807) is 18.3 Å². The normalized spacial score (nSPS) is 11.5. The number of fused-ring (bicyclic) bond motifs is 2. The van der Waals surface area contributed by atoms with Crippen LogP contribution in [0.1, 0.15) is 38.1 Å². The standard InChI is InChI=1S/C25H22BrN3O3/c1-3-4-9-24-28-22-12-11-18(26)14-20(22)25(31)29(24)27-15-21-19-8-6-5-7-17(19)10-13-23(21)32-16(2)30/h5-8,10-15H,3-4,9H2,1-2H3. The van der Waals surface area contributed by atoms with Crippen LogP contribution in [0.3, 0.4) is 0 Å². The molecule has 1 heterocycles. The molecular formula is C25H22BrN3O3. The Labute approximate surface area is 193 Å². The number of ether oxygens (including phenoxy) is 1.